The Morgan fingerprint density at radius 1 is 1.44 bits per heavy atom. The lowest BCUT2D eigenvalue weighted by atomic mass is 10.1. The molecular weight excluding hydrogens is 254 g/mol. The number of rotatable bonds is 4. The average Bonchev–Trinajstić information content (AvgIpc) is 3.08. The summed E-state index contributed by atoms with van der Waals surface area (Å²) in [6.45, 7) is 1.85. The van der Waals surface area contributed by atoms with Gasteiger partial charge in [0, 0.05) is 5.02 Å². The van der Waals surface area contributed by atoms with Crippen LogP contribution in [-0.4, -0.2) is 17.0 Å². The molecule has 0 radical (unpaired) electrons. The zero-order valence-corrected chi connectivity index (χ0v) is 10.6. The van der Waals surface area contributed by atoms with Gasteiger partial charge in [-0.25, -0.2) is 0 Å². The molecule has 2 unspecified atom stereocenters. The molecule has 0 spiro atoms. The van der Waals surface area contributed by atoms with E-state index in [0.29, 0.717) is 11.4 Å². The number of aliphatic carboxylic acids is 1. The van der Waals surface area contributed by atoms with Crippen molar-refractivity contribution in [1.82, 2.24) is 5.32 Å². The highest BCUT2D eigenvalue weighted by Crippen LogP contribution is 2.39. The van der Waals surface area contributed by atoms with Crippen LogP contribution in [0.3, 0.4) is 0 Å². The summed E-state index contributed by atoms with van der Waals surface area (Å²) < 4.78 is 0. The minimum absolute atomic E-state index is 0.175. The number of halogens is 1. The fraction of sp³-hybridized carbons (Fsp3) is 0.385. The number of carbonyl (C=O) groups is 2. The molecule has 1 aliphatic rings. The van der Waals surface area contributed by atoms with Gasteiger partial charge in [-0.1, -0.05) is 23.7 Å². The third kappa shape index (κ3) is 2.82. The second kappa shape index (κ2) is 4.98. The highest BCUT2D eigenvalue weighted by atomic mass is 35.5. The van der Waals surface area contributed by atoms with E-state index in [1.807, 2.05) is 19.1 Å². The Balaban J connectivity index is 1.94. The number of carboxylic acid groups (broad SMARTS) is 1. The summed E-state index contributed by atoms with van der Waals surface area (Å²) >= 11 is 5.87. The van der Waals surface area contributed by atoms with Crippen molar-refractivity contribution in [3.05, 3.63) is 34.9 Å². The normalized spacial score (nSPS) is 23.2. The lowest BCUT2D eigenvalue weighted by Gasteiger charge is -2.14. The predicted octanol–water partition coefficient (Wildman–Crippen LogP) is 2.24. The van der Waals surface area contributed by atoms with Gasteiger partial charge in [-0.05, 0) is 31.0 Å². The molecule has 1 fully saturated rings. The van der Waals surface area contributed by atoms with Crippen LogP contribution >= 0.6 is 11.6 Å². The van der Waals surface area contributed by atoms with Crippen LogP contribution in [0.15, 0.2) is 24.3 Å². The van der Waals surface area contributed by atoms with Crippen LogP contribution in [0.4, 0.5) is 0 Å². The Morgan fingerprint density at radius 3 is 2.72 bits per heavy atom. The third-order valence-corrected chi connectivity index (χ3v) is 3.39. The van der Waals surface area contributed by atoms with Gasteiger partial charge >= 0.3 is 5.97 Å². The van der Waals surface area contributed by atoms with Gasteiger partial charge in [0.2, 0.25) is 5.91 Å². The Hall–Kier alpha value is -1.55. The molecule has 1 amide bonds. The number of hydrogen-bond donors (Lipinski definition) is 2. The van der Waals surface area contributed by atoms with Crippen LogP contribution < -0.4 is 5.32 Å². The molecule has 0 bridgehead atoms. The molecule has 5 heteroatoms. The van der Waals surface area contributed by atoms with E-state index in [0.717, 1.165) is 5.56 Å². The quantitative estimate of drug-likeness (QED) is 0.879. The van der Waals surface area contributed by atoms with Crippen LogP contribution in [0.5, 0.6) is 0 Å². The largest absolute Gasteiger partial charge is 0.481 e. The van der Waals surface area contributed by atoms with Crippen molar-refractivity contribution < 1.29 is 14.7 Å². The maximum absolute atomic E-state index is 11.8. The maximum atomic E-state index is 11.8. The van der Waals surface area contributed by atoms with Gasteiger partial charge in [0.25, 0.3) is 0 Å². The zero-order chi connectivity index (χ0) is 13.3. The summed E-state index contributed by atoms with van der Waals surface area (Å²) in [6, 6.07) is 7.07. The number of benzene rings is 1. The van der Waals surface area contributed by atoms with Crippen molar-refractivity contribution in [2.45, 2.75) is 19.4 Å². The van der Waals surface area contributed by atoms with Crippen molar-refractivity contribution in [2.24, 2.45) is 11.8 Å². The molecule has 0 heterocycles. The van der Waals surface area contributed by atoms with Crippen molar-refractivity contribution in [2.75, 3.05) is 0 Å². The summed E-state index contributed by atoms with van der Waals surface area (Å²) in [5, 5.41) is 12.2. The molecule has 96 valence electrons. The molecule has 1 aromatic rings. The number of nitrogens with one attached hydrogen (secondary N) is 1. The fourth-order valence-corrected chi connectivity index (χ4v) is 2.14. The average molecular weight is 268 g/mol. The minimum Gasteiger partial charge on any atom is -0.481 e. The van der Waals surface area contributed by atoms with E-state index in [1.54, 1.807) is 12.1 Å². The summed E-state index contributed by atoms with van der Waals surface area (Å²) in [6.07, 6.45) is 0.434. The molecule has 4 nitrogen and oxygen atoms in total. The molecule has 0 aromatic heterocycles. The van der Waals surface area contributed by atoms with Gasteiger partial charge in [-0.2, -0.15) is 0 Å². The molecule has 2 N–H and O–H groups in total. The monoisotopic (exact) mass is 267 g/mol. The van der Waals surface area contributed by atoms with E-state index in [9.17, 15) is 9.59 Å². The Kier molecular flexibility index (Phi) is 3.57. The first-order chi connectivity index (χ1) is 8.49. The number of amides is 1. The molecule has 3 atom stereocenters. The van der Waals surface area contributed by atoms with Crippen molar-refractivity contribution in [3.8, 4) is 0 Å². The predicted molar refractivity (Wildman–Crippen MR) is 67.2 cm³/mol. The van der Waals surface area contributed by atoms with E-state index < -0.39 is 11.9 Å². The second-order valence-electron chi connectivity index (χ2n) is 4.57. The van der Waals surface area contributed by atoms with E-state index in [-0.39, 0.29) is 17.9 Å². The third-order valence-electron chi connectivity index (χ3n) is 3.15. The highest BCUT2D eigenvalue weighted by molar-refractivity contribution is 6.30. The zero-order valence-electron chi connectivity index (χ0n) is 9.89. The first-order valence-electron chi connectivity index (χ1n) is 5.77. The fourth-order valence-electron chi connectivity index (χ4n) is 1.94. The van der Waals surface area contributed by atoms with Gasteiger partial charge in [-0.3, -0.25) is 9.59 Å². The summed E-state index contributed by atoms with van der Waals surface area (Å²) in [5.41, 5.74) is 0.906. The lowest BCUT2D eigenvalue weighted by Crippen LogP contribution is -2.29. The molecule has 18 heavy (non-hydrogen) atoms. The van der Waals surface area contributed by atoms with E-state index in [4.69, 9.17) is 16.7 Å². The van der Waals surface area contributed by atoms with Gasteiger partial charge in [-0.15, -0.1) is 0 Å². The second-order valence-corrected chi connectivity index (χ2v) is 5.01. The van der Waals surface area contributed by atoms with E-state index in [1.165, 1.54) is 0 Å². The first-order valence-corrected chi connectivity index (χ1v) is 6.15. The summed E-state index contributed by atoms with van der Waals surface area (Å²) in [7, 11) is 0. The van der Waals surface area contributed by atoms with Gasteiger partial charge in [0.15, 0.2) is 0 Å². The van der Waals surface area contributed by atoms with E-state index >= 15 is 0 Å². The molecule has 2 rings (SSSR count). The molecule has 0 saturated heterocycles. The molecular formula is C13H14ClNO3. The Labute approximate surface area is 110 Å². The minimum atomic E-state index is -0.898. The molecule has 1 saturated carbocycles. The van der Waals surface area contributed by atoms with Gasteiger partial charge in [0.1, 0.15) is 0 Å². The highest BCUT2D eigenvalue weighted by Gasteiger charge is 2.48. The summed E-state index contributed by atoms with van der Waals surface area (Å²) in [4.78, 5) is 22.5. The Bertz CT molecular complexity index is 489. The molecule has 1 aliphatic carbocycles. The van der Waals surface area contributed by atoms with Crippen LogP contribution in [-0.2, 0) is 9.59 Å². The Morgan fingerprint density at radius 2 is 2.17 bits per heavy atom. The maximum Gasteiger partial charge on any atom is 0.307 e. The summed E-state index contributed by atoms with van der Waals surface area (Å²) in [5.74, 6) is -2.00. The van der Waals surface area contributed by atoms with Crippen LogP contribution in [0, 0.1) is 11.8 Å². The number of carbonyl (C=O) groups excluding carboxylic acids is 1. The number of hydrogen-bond acceptors (Lipinski definition) is 2. The lowest BCUT2D eigenvalue weighted by molar-refractivity contribution is -0.140. The van der Waals surface area contributed by atoms with Crippen molar-refractivity contribution in [1.29, 1.82) is 0 Å². The SMILES string of the molecule is C[C@@H](NC(=O)C1CC1C(=O)O)c1cccc(Cl)c1. The van der Waals surface area contributed by atoms with Crippen LogP contribution in [0.25, 0.3) is 0 Å². The van der Waals surface area contributed by atoms with Crippen LogP contribution in [0.2, 0.25) is 5.02 Å². The topological polar surface area (TPSA) is 66.4 Å². The van der Waals surface area contributed by atoms with Crippen molar-refractivity contribution >= 4 is 23.5 Å². The first kappa shape index (κ1) is 12.9. The van der Waals surface area contributed by atoms with Crippen molar-refractivity contribution in [3.63, 3.8) is 0 Å². The molecule has 0 aliphatic heterocycles. The standard InChI is InChI=1S/C13H14ClNO3/c1-7(8-3-2-4-9(14)5-8)15-12(16)10-6-11(10)13(17)18/h2-5,7,10-11H,6H2,1H3,(H,15,16)(H,17,18)/t7-,10?,11?/m1/s1. The van der Waals surface area contributed by atoms with Crippen LogP contribution in [0.1, 0.15) is 24.9 Å². The smallest absolute Gasteiger partial charge is 0.307 e. The number of carboxylic acids is 1. The van der Waals surface area contributed by atoms with Gasteiger partial charge in [0.05, 0.1) is 17.9 Å². The van der Waals surface area contributed by atoms with E-state index in [2.05, 4.69) is 5.32 Å². The molecule has 1 aromatic carbocycles. The van der Waals surface area contributed by atoms with Gasteiger partial charge < -0.3 is 10.4 Å².